The van der Waals surface area contributed by atoms with Crippen molar-refractivity contribution in [2.24, 2.45) is 52.0 Å². The minimum Gasteiger partial charge on any atom is -0.508 e. The highest BCUT2D eigenvalue weighted by Crippen LogP contribution is 2.19. The molecule has 0 aliphatic rings. The van der Waals surface area contributed by atoms with Crippen LogP contribution in [0.4, 0.5) is 0 Å². The molecular weight excluding hydrogens is 1870 g/mol. The molecule has 2 aromatic rings. The summed E-state index contributed by atoms with van der Waals surface area (Å²) in [6.45, 7) is 6.36. The van der Waals surface area contributed by atoms with E-state index in [-0.39, 0.29) is 159 Å². The van der Waals surface area contributed by atoms with Crippen molar-refractivity contribution in [1.29, 1.82) is 10.8 Å². The Labute approximate surface area is 821 Å². The van der Waals surface area contributed by atoms with E-state index in [9.17, 15) is 117 Å². The summed E-state index contributed by atoms with van der Waals surface area (Å²) >= 11 is 2.62. The van der Waals surface area contributed by atoms with E-state index in [0.29, 0.717) is 36.1 Å². The van der Waals surface area contributed by atoms with Gasteiger partial charge in [0.1, 0.15) is 96.1 Å². The second kappa shape index (κ2) is 67.7. The van der Waals surface area contributed by atoms with Gasteiger partial charge in [0.05, 0.1) is 31.7 Å². The third-order valence-corrected chi connectivity index (χ3v) is 22.8. The maximum absolute atomic E-state index is 14.8. The summed E-state index contributed by atoms with van der Waals surface area (Å²) in [7, 11) is 0. The van der Waals surface area contributed by atoms with Crippen LogP contribution in [0.25, 0.3) is 0 Å². The van der Waals surface area contributed by atoms with E-state index in [1.54, 1.807) is 34.0 Å². The smallest absolute Gasteiger partial charge is 0.326 e. The van der Waals surface area contributed by atoms with Gasteiger partial charge in [-0.25, -0.2) is 4.79 Å². The molecule has 2 aromatic carbocycles. The Morgan fingerprint density at radius 2 is 0.679 bits per heavy atom. The Hall–Kier alpha value is -12.5. The van der Waals surface area contributed by atoms with Crippen LogP contribution in [0.5, 0.6) is 11.5 Å². The number of hydrogen-bond acceptors (Lipinski definition) is 30. The van der Waals surface area contributed by atoms with E-state index < -0.39 is 253 Å². The number of unbranched alkanes of at least 4 members (excludes halogenated alkanes) is 3. The average molecular weight is 2020 g/mol. The van der Waals surface area contributed by atoms with E-state index in [0.717, 1.165) is 6.92 Å². The van der Waals surface area contributed by atoms with Crippen LogP contribution in [0.2, 0.25) is 0 Å². The van der Waals surface area contributed by atoms with E-state index in [4.69, 9.17) is 51.0 Å². The maximum atomic E-state index is 14.8. The normalized spacial score (nSPS) is 14.6. The molecule has 0 radical (unpaired) electrons. The minimum atomic E-state index is -2.12. The van der Waals surface area contributed by atoms with Crippen LogP contribution in [0.1, 0.15) is 174 Å². The third-order valence-electron chi connectivity index (χ3n) is 21.5. The molecule has 0 heterocycles. The van der Waals surface area contributed by atoms with Crippen molar-refractivity contribution in [3.8, 4) is 11.5 Å². The fraction of sp³-hybridized carbons (Fsp3) is 0.636. The molecular formula is C88H148N26O24S2. The van der Waals surface area contributed by atoms with Crippen molar-refractivity contribution in [2.75, 3.05) is 69.9 Å². The van der Waals surface area contributed by atoms with Gasteiger partial charge in [0, 0.05) is 32.4 Å². The van der Waals surface area contributed by atoms with Gasteiger partial charge in [0.2, 0.25) is 94.5 Å². The number of nitrogens with two attached hydrogens (primary N) is 7. The highest BCUT2D eigenvalue weighted by atomic mass is 32.2. The number of primary amides is 1. The lowest BCUT2D eigenvalue weighted by molar-refractivity contribution is -0.143. The zero-order valence-electron chi connectivity index (χ0n) is 80.3. The molecule has 0 aliphatic carbocycles. The van der Waals surface area contributed by atoms with Crippen LogP contribution < -0.4 is 131 Å². The number of guanidine groups is 2. The number of phenolic OH excluding ortho intramolecular Hbond substituents is 2. The summed E-state index contributed by atoms with van der Waals surface area (Å²) in [5.41, 5.74) is 40.8. The van der Waals surface area contributed by atoms with Gasteiger partial charge < -0.3 is 161 Å². The van der Waals surface area contributed by atoms with Crippen molar-refractivity contribution >= 4 is 142 Å². The molecule has 16 atom stereocenters. The van der Waals surface area contributed by atoms with Crippen molar-refractivity contribution in [3.05, 3.63) is 59.7 Å². The van der Waals surface area contributed by atoms with Gasteiger partial charge in [0.15, 0.2) is 11.9 Å². The fourth-order valence-electron chi connectivity index (χ4n) is 13.9. The predicted molar refractivity (Wildman–Crippen MR) is 521 cm³/mol. The number of carbonyl (C=O) groups excluding carboxylic acids is 16. The number of phenols is 2. The predicted octanol–water partition coefficient (Wildman–Crippen LogP) is -7.18. The second-order valence-electron chi connectivity index (χ2n) is 34.4. The lowest BCUT2D eigenvalue weighted by Crippen LogP contribution is -2.62. The number of aliphatic hydroxyl groups is 2. The molecule has 0 aliphatic heterocycles. The fourth-order valence-corrected chi connectivity index (χ4v) is 14.9. The number of aromatic hydroxyl groups is 2. The molecule has 0 unspecified atom stereocenters. The summed E-state index contributed by atoms with van der Waals surface area (Å²) in [5.74, 6) is -20.8. The number of thioether (sulfide) groups is 2. The minimum absolute atomic E-state index is 0.00383. The molecule has 2 rings (SSSR count). The van der Waals surface area contributed by atoms with Gasteiger partial charge in [-0.1, -0.05) is 52.0 Å². The third kappa shape index (κ3) is 50.4. The number of rotatable bonds is 72. The molecule has 0 bridgehead atoms. The summed E-state index contributed by atoms with van der Waals surface area (Å²) in [5, 5.41) is 120. The van der Waals surface area contributed by atoms with E-state index in [1.165, 1.54) is 72.1 Å². The SMILES string of the molecule is CSCC[C@H](NC(=O)[C@H](CO)NC(=O)[C@H](CCCNC(=N)N)NC(=O)[C@H](CC(C)C)NC(=O)[C@H](CCCCN)NC(=O)[C@H](CCCCN)NC(=O)[C@H](CCC(N)=O)NC(=O)[C@H](Cc1ccc(O)cc1)NC(=O)CNC(=O)[C@@H](N)CCSC)C(=O)N[C@H](C(=O)N[C@@H](CC(=O)O)C(=O)N[C@@H](CCCCN)C(=O)N[C@@H](Cc1ccc(O)cc1)C(=O)N[C@@H](CCCNC(=N)N)C(=O)N[C@@H](CC(C)C)C(=O)O)[C@@H](C)O. The largest absolute Gasteiger partial charge is 0.508 e. The van der Waals surface area contributed by atoms with Gasteiger partial charge >= 0.3 is 11.9 Å². The van der Waals surface area contributed by atoms with Crippen molar-refractivity contribution < 1.29 is 117 Å². The first-order valence-corrected chi connectivity index (χ1v) is 49.1. The summed E-state index contributed by atoms with van der Waals surface area (Å²) in [6.07, 6.45) is -0.772. The van der Waals surface area contributed by atoms with Crippen LogP contribution in [0.3, 0.4) is 0 Å². The quantitative estimate of drug-likeness (QED) is 0.0166. The van der Waals surface area contributed by atoms with E-state index in [2.05, 4.69) is 90.4 Å². The Bertz CT molecular complexity index is 4360. The lowest BCUT2D eigenvalue weighted by atomic mass is 10.0. The first-order chi connectivity index (χ1) is 66.2. The number of hydrogen-bond donors (Lipinski definition) is 32. The Morgan fingerprint density at radius 3 is 1.04 bits per heavy atom. The zero-order valence-corrected chi connectivity index (χ0v) is 82.0. The zero-order chi connectivity index (χ0) is 105. The number of carboxylic acids is 2. The molecule has 50 nitrogen and oxygen atoms in total. The number of aliphatic hydroxyl groups excluding tert-OH is 2. The van der Waals surface area contributed by atoms with Gasteiger partial charge in [-0.15, -0.1) is 0 Å². The molecule has 0 spiro atoms. The Balaban J connectivity index is 2.60. The number of carbonyl (C=O) groups is 18. The number of benzene rings is 2. The number of carboxylic acid groups (broad SMARTS) is 2. The van der Waals surface area contributed by atoms with Gasteiger partial charge in [-0.2, -0.15) is 23.5 Å². The first-order valence-electron chi connectivity index (χ1n) is 46.3. The molecule has 16 amide bonds. The van der Waals surface area contributed by atoms with Crippen molar-refractivity contribution in [1.82, 2.24) is 90.4 Å². The topological polar surface area (TPSA) is 863 Å². The Kier molecular flexibility index (Phi) is 59.8. The van der Waals surface area contributed by atoms with Crippen LogP contribution in [-0.4, -0.2) is 316 Å². The van der Waals surface area contributed by atoms with Gasteiger partial charge in [-0.05, 0) is 213 Å². The molecule has 0 saturated heterocycles. The van der Waals surface area contributed by atoms with E-state index in [1.807, 2.05) is 6.26 Å². The molecule has 52 heteroatoms. The molecule has 0 aromatic heterocycles. The highest BCUT2D eigenvalue weighted by molar-refractivity contribution is 7.98. The van der Waals surface area contributed by atoms with E-state index >= 15 is 0 Å². The summed E-state index contributed by atoms with van der Waals surface area (Å²) in [6, 6.07) is -13.3. The second-order valence-corrected chi connectivity index (χ2v) is 36.4. The van der Waals surface area contributed by atoms with Crippen LogP contribution in [-0.2, 0) is 99.1 Å². The number of nitrogens with one attached hydrogen (secondary N) is 19. The number of amides is 16. The molecule has 39 N–H and O–H groups in total. The molecule has 786 valence electrons. The van der Waals surface area contributed by atoms with Crippen molar-refractivity contribution in [3.63, 3.8) is 0 Å². The standard InChI is InChI=1S/C88H148N26O24S2/c1-47(2)40-62(109-74(125)56(17-9-12-34-90)102-73(124)55(16-8-11-33-89)103-78(129)60(29-30-68(93)119)107-81(132)63(42-50-21-25-52(117)26-22-50)101-69(120)45-100-72(123)54(92)31-38-139-6)80(131)105-59(20-15-37-99-88(96)97)77(128)113-67(46-115)84(135)108-61(32-39-140-7)79(130)114-71(49(5)116)85(136)111-65(44-70(121)122)83(134)104-57(18-10-13-35-91)75(126)110-64(43-51-23-27-53(118)28-24-51)82(133)106-58(19-14-36-98-87(94)95)76(127)112-66(86(137)138)41-48(3)4/h21-28,47-49,54-67,71,115-118H,8-20,29-46,89-92H2,1-7H3,(H2,93,119)(H,100,123)(H,101,120)(H,102,124)(H,103,129)(H,104,134)(H,105,131)(H,106,133)(H,107,132)(H,108,135)(H,109,125)(H,110,126)(H,111,136)(H,112,127)(H,113,128)(H,114,130)(H,121,122)(H,137,138)(H4,94,95,98)(H4,96,97,99)/t49-,54+,55+,56+,57+,58+,59+,60+,61+,62+,63+,64+,65+,66+,67+,71+/m1/s1. The maximum Gasteiger partial charge on any atom is 0.326 e. The van der Waals surface area contributed by atoms with Gasteiger partial charge in [-0.3, -0.25) is 92.3 Å². The van der Waals surface area contributed by atoms with Crippen LogP contribution in [0.15, 0.2) is 48.5 Å². The first kappa shape index (κ1) is 124. The van der Waals surface area contributed by atoms with Crippen molar-refractivity contribution in [2.45, 2.75) is 273 Å². The molecule has 0 fully saturated rings. The highest BCUT2D eigenvalue weighted by Gasteiger charge is 2.40. The monoisotopic (exact) mass is 2020 g/mol. The number of aliphatic carboxylic acids is 2. The average Bonchev–Trinajstić information content (AvgIpc) is 0.845. The summed E-state index contributed by atoms with van der Waals surface area (Å²) in [4.78, 5) is 252. The van der Waals surface area contributed by atoms with Gasteiger partial charge in [0.25, 0.3) is 0 Å². The van der Waals surface area contributed by atoms with Crippen LogP contribution in [0, 0.1) is 22.7 Å². The lowest BCUT2D eigenvalue weighted by Gasteiger charge is -2.29. The molecule has 140 heavy (non-hydrogen) atoms. The molecule has 0 saturated carbocycles. The van der Waals surface area contributed by atoms with Crippen LogP contribution >= 0.6 is 23.5 Å². The Morgan fingerprint density at radius 1 is 0.364 bits per heavy atom. The summed E-state index contributed by atoms with van der Waals surface area (Å²) < 4.78 is 0.